The lowest BCUT2D eigenvalue weighted by atomic mass is 9.75. The van der Waals surface area contributed by atoms with Gasteiger partial charge in [0.05, 0.1) is 31.2 Å². The lowest BCUT2D eigenvalue weighted by molar-refractivity contribution is -0.945. The number of aliphatic hydroxyl groups is 1. The molecule has 9 nitrogen and oxygen atoms in total. The smallest absolute Gasteiger partial charge is 0.229 e. The highest BCUT2D eigenvalue weighted by atomic mass is 16.3. The Labute approximate surface area is 153 Å². The van der Waals surface area contributed by atoms with E-state index in [0.29, 0.717) is 31.5 Å². The summed E-state index contributed by atoms with van der Waals surface area (Å²) >= 11 is 0. The molecule has 2 amide bonds. The van der Waals surface area contributed by atoms with Crippen molar-refractivity contribution >= 4 is 11.8 Å². The number of nitrogens with zero attached hydrogens (tertiary/aromatic N) is 3. The molecule has 4 atom stereocenters. The van der Waals surface area contributed by atoms with Crippen molar-refractivity contribution in [3.63, 3.8) is 0 Å². The lowest BCUT2D eigenvalue weighted by Crippen LogP contribution is -3.20. The van der Waals surface area contributed by atoms with E-state index >= 15 is 0 Å². The summed E-state index contributed by atoms with van der Waals surface area (Å²) in [5.41, 5.74) is 0.815. The van der Waals surface area contributed by atoms with Crippen molar-refractivity contribution < 1.29 is 19.6 Å². The van der Waals surface area contributed by atoms with Crippen molar-refractivity contribution in [1.29, 1.82) is 0 Å². The van der Waals surface area contributed by atoms with Crippen LogP contribution in [0.3, 0.4) is 0 Å². The summed E-state index contributed by atoms with van der Waals surface area (Å²) in [5.74, 6) is 0.512. The second kappa shape index (κ2) is 8.59. The molecule has 4 N–H and O–H groups in total. The van der Waals surface area contributed by atoms with E-state index in [1.54, 1.807) is 0 Å². The molecule has 1 aromatic rings. The molecule has 2 bridgehead atoms. The standard InChI is InChI=1S/C17H28N6O3/c1-12(25)18-4-5-19-17(26)16-11-22-6-2-13(16)8-15(22)10-23-9-14(3-7-24)20-21-23/h9,13,15-16,24H,2-8,10-11H2,1H3,(H,18,25)(H,19,26)/p+1/t13-,15+,16-/m0/s1. The predicted molar refractivity (Wildman–Crippen MR) is 93.2 cm³/mol. The number of amides is 2. The van der Waals surface area contributed by atoms with E-state index < -0.39 is 0 Å². The number of nitrogens with one attached hydrogen (secondary N) is 3. The van der Waals surface area contributed by atoms with E-state index in [4.69, 9.17) is 5.11 Å². The summed E-state index contributed by atoms with van der Waals surface area (Å²) in [7, 11) is 0. The third-order valence-corrected chi connectivity index (χ3v) is 5.55. The third-order valence-electron chi connectivity index (χ3n) is 5.55. The van der Waals surface area contributed by atoms with Crippen LogP contribution in [0.15, 0.2) is 6.20 Å². The van der Waals surface area contributed by atoms with E-state index in [1.165, 1.54) is 11.8 Å². The van der Waals surface area contributed by atoms with Crippen LogP contribution in [-0.2, 0) is 22.6 Å². The molecule has 0 aliphatic carbocycles. The highest BCUT2D eigenvalue weighted by molar-refractivity contribution is 5.79. The number of aliphatic hydroxyl groups excluding tert-OH is 1. The van der Waals surface area contributed by atoms with Crippen molar-refractivity contribution in [1.82, 2.24) is 25.6 Å². The number of fused-ring (bicyclic) bond motifs is 3. The van der Waals surface area contributed by atoms with Gasteiger partial charge in [0.2, 0.25) is 11.8 Å². The van der Waals surface area contributed by atoms with Gasteiger partial charge in [-0.15, -0.1) is 5.10 Å². The number of carbonyl (C=O) groups is 2. The molecule has 3 aliphatic heterocycles. The Morgan fingerprint density at radius 2 is 2.19 bits per heavy atom. The molecule has 26 heavy (non-hydrogen) atoms. The number of hydrogen-bond donors (Lipinski definition) is 4. The minimum atomic E-state index is -0.0790. The summed E-state index contributed by atoms with van der Waals surface area (Å²) in [4.78, 5) is 24.8. The van der Waals surface area contributed by atoms with Crippen molar-refractivity contribution in [3.05, 3.63) is 11.9 Å². The topological polar surface area (TPSA) is 114 Å². The van der Waals surface area contributed by atoms with E-state index in [0.717, 1.165) is 38.2 Å². The zero-order valence-corrected chi connectivity index (χ0v) is 15.3. The molecule has 144 valence electrons. The van der Waals surface area contributed by atoms with Crippen LogP contribution in [0, 0.1) is 11.8 Å². The zero-order valence-electron chi connectivity index (χ0n) is 15.3. The fourth-order valence-electron chi connectivity index (χ4n) is 4.26. The molecule has 4 rings (SSSR count). The Balaban J connectivity index is 1.49. The quantitative estimate of drug-likeness (QED) is 0.376. The van der Waals surface area contributed by atoms with Crippen molar-refractivity contribution in [2.24, 2.45) is 11.8 Å². The summed E-state index contributed by atoms with van der Waals surface area (Å²) in [6.07, 6.45) is 4.55. The maximum Gasteiger partial charge on any atom is 0.229 e. The average molecular weight is 365 g/mol. The van der Waals surface area contributed by atoms with Crippen LogP contribution in [0.2, 0.25) is 0 Å². The molecule has 1 aromatic heterocycles. The van der Waals surface area contributed by atoms with Crippen LogP contribution in [0.4, 0.5) is 0 Å². The second-order valence-corrected chi connectivity index (χ2v) is 7.38. The molecule has 1 unspecified atom stereocenters. The molecular weight excluding hydrogens is 336 g/mol. The van der Waals surface area contributed by atoms with Crippen molar-refractivity contribution in [2.75, 3.05) is 32.8 Å². The fraction of sp³-hybridized carbons (Fsp3) is 0.765. The first kappa shape index (κ1) is 18.8. The van der Waals surface area contributed by atoms with E-state index in [2.05, 4.69) is 20.9 Å². The summed E-state index contributed by atoms with van der Waals surface area (Å²) in [6, 6.07) is 0.459. The van der Waals surface area contributed by atoms with Gasteiger partial charge in [-0.05, 0) is 5.92 Å². The monoisotopic (exact) mass is 365 g/mol. The van der Waals surface area contributed by atoms with Gasteiger partial charge in [-0.1, -0.05) is 5.21 Å². The minimum Gasteiger partial charge on any atom is -0.396 e. The Kier molecular flexibility index (Phi) is 6.20. The lowest BCUT2D eigenvalue weighted by Gasteiger charge is -2.46. The SMILES string of the molecule is CC(=O)NCCNC(=O)[C@H]1C[NH+]2CC[C@H]1C[C@@H]2Cn1cc(CCO)nn1. The molecule has 0 saturated carbocycles. The molecule has 0 aromatic carbocycles. The maximum absolute atomic E-state index is 12.5. The third kappa shape index (κ3) is 4.59. The van der Waals surface area contributed by atoms with Gasteiger partial charge in [-0.3, -0.25) is 9.59 Å². The van der Waals surface area contributed by atoms with Gasteiger partial charge in [0.15, 0.2) is 0 Å². The fourth-order valence-corrected chi connectivity index (χ4v) is 4.26. The number of rotatable bonds is 8. The Morgan fingerprint density at radius 3 is 2.88 bits per heavy atom. The van der Waals surface area contributed by atoms with Gasteiger partial charge in [-0.25, -0.2) is 4.68 Å². The number of quaternary nitrogens is 1. The average Bonchev–Trinajstić information content (AvgIpc) is 3.06. The summed E-state index contributed by atoms with van der Waals surface area (Å²) in [6.45, 7) is 5.28. The van der Waals surface area contributed by atoms with Gasteiger partial charge in [-0.2, -0.15) is 0 Å². The highest BCUT2D eigenvalue weighted by Crippen LogP contribution is 2.27. The Bertz CT molecular complexity index is 634. The largest absolute Gasteiger partial charge is 0.396 e. The number of hydrogen-bond acceptors (Lipinski definition) is 5. The molecule has 3 saturated heterocycles. The number of aromatic nitrogens is 3. The van der Waals surface area contributed by atoms with Crippen LogP contribution < -0.4 is 15.5 Å². The Hall–Kier alpha value is -2.00. The molecule has 9 heteroatoms. The van der Waals surface area contributed by atoms with Crippen LogP contribution in [0.5, 0.6) is 0 Å². The summed E-state index contributed by atoms with van der Waals surface area (Å²) in [5, 5.41) is 22.9. The minimum absolute atomic E-state index is 0.0630. The molecule has 3 aliphatic rings. The summed E-state index contributed by atoms with van der Waals surface area (Å²) < 4.78 is 1.87. The first-order valence-corrected chi connectivity index (χ1v) is 9.43. The molecular formula is C17H29N6O3+. The van der Waals surface area contributed by atoms with E-state index in [1.807, 2.05) is 10.9 Å². The zero-order chi connectivity index (χ0) is 18.5. The van der Waals surface area contributed by atoms with E-state index in [-0.39, 0.29) is 24.3 Å². The predicted octanol–water partition coefficient (Wildman–Crippen LogP) is -2.64. The van der Waals surface area contributed by atoms with Crippen LogP contribution >= 0.6 is 0 Å². The van der Waals surface area contributed by atoms with Gasteiger partial charge in [0, 0.05) is 52.1 Å². The van der Waals surface area contributed by atoms with Gasteiger partial charge in [0.1, 0.15) is 6.04 Å². The molecule has 0 radical (unpaired) electrons. The number of carbonyl (C=O) groups excluding carboxylic acids is 2. The Morgan fingerprint density at radius 1 is 1.38 bits per heavy atom. The van der Waals surface area contributed by atoms with Gasteiger partial charge in [0.25, 0.3) is 0 Å². The van der Waals surface area contributed by atoms with E-state index in [9.17, 15) is 9.59 Å². The van der Waals surface area contributed by atoms with Crippen LogP contribution in [-0.4, -0.2) is 70.7 Å². The van der Waals surface area contributed by atoms with Crippen molar-refractivity contribution in [3.8, 4) is 0 Å². The molecule has 0 spiro atoms. The maximum atomic E-state index is 12.5. The first-order chi connectivity index (χ1) is 12.6. The normalized spacial score (nSPS) is 27.3. The second-order valence-electron chi connectivity index (χ2n) is 7.38. The van der Waals surface area contributed by atoms with Crippen LogP contribution in [0.25, 0.3) is 0 Å². The van der Waals surface area contributed by atoms with Gasteiger partial charge < -0.3 is 20.6 Å². The van der Waals surface area contributed by atoms with Gasteiger partial charge >= 0.3 is 0 Å². The molecule has 3 fully saturated rings. The highest BCUT2D eigenvalue weighted by Gasteiger charge is 2.46. The van der Waals surface area contributed by atoms with Crippen LogP contribution in [0.1, 0.15) is 25.5 Å². The van der Waals surface area contributed by atoms with Crippen molar-refractivity contribution in [2.45, 2.75) is 38.8 Å². The number of piperidine rings is 3. The molecule has 4 heterocycles. The first-order valence-electron chi connectivity index (χ1n) is 9.43.